The molecular formula is C12H20N2OS. The van der Waals surface area contributed by atoms with Gasteiger partial charge in [-0.05, 0) is 31.0 Å². The topological polar surface area (TPSA) is 38.5 Å². The highest BCUT2D eigenvalue weighted by molar-refractivity contribution is 7.11. The fourth-order valence-electron chi connectivity index (χ4n) is 2.27. The molecule has 0 saturated carbocycles. The quantitative estimate of drug-likeness (QED) is 0.851. The van der Waals surface area contributed by atoms with Gasteiger partial charge in [0.05, 0.1) is 6.61 Å². The number of hydrogen-bond donors (Lipinski definition) is 1. The van der Waals surface area contributed by atoms with Gasteiger partial charge in [-0.3, -0.25) is 4.90 Å². The van der Waals surface area contributed by atoms with Crippen molar-refractivity contribution >= 4 is 11.3 Å². The zero-order chi connectivity index (χ0) is 11.4. The van der Waals surface area contributed by atoms with Gasteiger partial charge in [0.25, 0.3) is 0 Å². The first kappa shape index (κ1) is 12.0. The van der Waals surface area contributed by atoms with Crippen molar-refractivity contribution in [3.8, 4) is 0 Å². The van der Waals surface area contributed by atoms with Gasteiger partial charge in [0.15, 0.2) is 0 Å². The molecule has 0 radical (unpaired) electrons. The zero-order valence-electron chi connectivity index (χ0n) is 9.82. The molecule has 0 bridgehead atoms. The average molecular weight is 240 g/mol. The van der Waals surface area contributed by atoms with Crippen LogP contribution in [0.4, 0.5) is 0 Å². The van der Waals surface area contributed by atoms with E-state index in [4.69, 9.17) is 10.5 Å². The number of hydrogen-bond acceptors (Lipinski definition) is 4. The lowest BCUT2D eigenvalue weighted by atomic mass is 10.1. The molecule has 4 heteroatoms. The molecule has 0 spiro atoms. The molecule has 1 saturated heterocycles. The minimum atomic E-state index is 0.664. The van der Waals surface area contributed by atoms with E-state index in [9.17, 15) is 0 Å². The molecule has 2 heterocycles. The van der Waals surface area contributed by atoms with E-state index in [2.05, 4.69) is 17.0 Å². The Hall–Kier alpha value is -0.420. The maximum atomic E-state index is 5.61. The summed E-state index contributed by atoms with van der Waals surface area (Å²) in [6, 6.07) is 4.35. The minimum Gasteiger partial charge on any atom is -0.384 e. The number of methoxy groups -OCH3 is 1. The van der Waals surface area contributed by atoms with E-state index in [1.807, 2.05) is 11.3 Å². The summed E-state index contributed by atoms with van der Waals surface area (Å²) in [4.78, 5) is 5.22. The van der Waals surface area contributed by atoms with Crippen LogP contribution in [-0.4, -0.2) is 31.7 Å². The van der Waals surface area contributed by atoms with E-state index in [-0.39, 0.29) is 0 Å². The molecule has 1 unspecified atom stereocenters. The Morgan fingerprint density at radius 2 is 2.31 bits per heavy atom. The van der Waals surface area contributed by atoms with Crippen LogP contribution < -0.4 is 5.73 Å². The molecule has 0 amide bonds. The van der Waals surface area contributed by atoms with E-state index in [0.29, 0.717) is 6.54 Å². The van der Waals surface area contributed by atoms with Crippen molar-refractivity contribution in [2.75, 3.05) is 26.8 Å². The van der Waals surface area contributed by atoms with E-state index >= 15 is 0 Å². The van der Waals surface area contributed by atoms with E-state index < -0.39 is 0 Å². The van der Waals surface area contributed by atoms with Crippen molar-refractivity contribution in [1.29, 1.82) is 0 Å². The molecule has 16 heavy (non-hydrogen) atoms. The van der Waals surface area contributed by atoms with Gasteiger partial charge in [0.2, 0.25) is 0 Å². The second-order valence-electron chi connectivity index (χ2n) is 4.42. The number of nitrogens with zero attached hydrogens (tertiary/aromatic N) is 1. The molecule has 1 aliphatic rings. The smallest absolute Gasteiger partial charge is 0.0503 e. The molecule has 0 aliphatic carbocycles. The van der Waals surface area contributed by atoms with Crippen LogP contribution in [0, 0.1) is 5.92 Å². The zero-order valence-corrected chi connectivity index (χ0v) is 10.6. The molecule has 2 N–H and O–H groups in total. The molecule has 90 valence electrons. The van der Waals surface area contributed by atoms with Crippen LogP contribution in [0.25, 0.3) is 0 Å². The second kappa shape index (κ2) is 5.77. The van der Waals surface area contributed by atoms with Gasteiger partial charge in [-0.15, -0.1) is 11.3 Å². The first-order chi connectivity index (χ1) is 7.81. The van der Waals surface area contributed by atoms with Gasteiger partial charge in [-0.2, -0.15) is 0 Å². The van der Waals surface area contributed by atoms with Crippen LogP contribution in [0.3, 0.4) is 0 Å². The maximum absolute atomic E-state index is 5.61. The molecule has 3 nitrogen and oxygen atoms in total. The Labute approximate surface area is 101 Å². The number of rotatable bonds is 5. The summed E-state index contributed by atoms with van der Waals surface area (Å²) in [7, 11) is 1.79. The lowest BCUT2D eigenvalue weighted by molar-refractivity contribution is 0.153. The third-order valence-corrected chi connectivity index (χ3v) is 4.16. The first-order valence-electron chi connectivity index (χ1n) is 5.80. The van der Waals surface area contributed by atoms with E-state index in [0.717, 1.165) is 19.1 Å². The highest BCUT2D eigenvalue weighted by atomic mass is 32.1. The van der Waals surface area contributed by atoms with E-state index in [1.165, 1.54) is 29.3 Å². The Morgan fingerprint density at radius 3 is 3.00 bits per heavy atom. The van der Waals surface area contributed by atoms with Gasteiger partial charge >= 0.3 is 0 Å². The van der Waals surface area contributed by atoms with Crippen molar-refractivity contribution < 1.29 is 4.74 Å². The SMILES string of the molecule is COCC1CCN(Cc2ccc(CN)s2)C1. The van der Waals surface area contributed by atoms with Crippen LogP contribution in [0.15, 0.2) is 12.1 Å². The lowest BCUT2D eigenvalue weighted by Crippen LogP contribution is -2.20. The number of ether oxygens (including phenoxy) is 1. The van der Waals surface area contributed by atoms with Gasteiger partial charge in [-0.1, -0.05) is 0 Å². The summed E-state index contributed by atoms with van der Waals surface area (Å²) in [5, 5.41) is 0. The summed E-state index contributed by atoms with van der Waals surface area (Å²) in [6.07, 6.45) is 1.27. The van der Waals surface area contributed by atoms with Crippen LogP contribution in [-0.2, 0) is 17.8 Å². The standard InChI is InChI=1S/C12H20N2OS/c1-15-9-10-4-5-14(7-10)8-12-3-2-11(6-13)16-12/h2-3,10H,4-9,13H2,1H3. The third kappa shape index (κ3) is 3.04. The monoisotopic (exact) mass is 240 g/mol. The van der Waals surface area contributed by atoms with Gasteiger partial charge in [-0.25, -0.2) is 0 Å². The average Bonchev–Trinajstić information content (AvgIpc) is 2.89. The predicted octanol–water partition coefficient (Wildman–Crippen LogP) is 1.68. The van der Waals surface area contributed by atoms with Crippen LogP contribution in [0.2, 0.25) is 0 Å². The van der Waals surface area contributed by atoms with Gasteiger partial charge < -0.3 is 10.5 Å². The number of likely N-dealkylation sites (tertiary alicyclic amines) is 1. The molecule has 1 atom stereocenters. The van der Waals surface area contributed by atoms with Crippen molar-refractivity contribution in [2.24, 2.45) is 11.7 Å². The highest BCUT2D eigenvalue weighted by Crippen LogP contribution is 2.22. The van der Waals surface area contributed by atoms with Crippen LogP contribution >= 0.6 is 11.3 Å². The molecular weight excluding hydrogens is 220 g/mol. The maximum Gasteiger partial charge on any atom is 0.0503 e. The molecule has 2 rings (SSSR count). The summed E-state index contributed by atoms with van der Waals surface area (Å²) < 4.78 is 5.21. The van der Waals surface area contributed by atoms with E-state index in [1.54, 1.807) is 7.11 Å². The molecule has 1 aromatic rings. The number of thiophene rings is 1. The predicted molar refractivity (Wildman–Crippen MR) is 67.5 cm³/mol. The number of nitrogens with two attached hydrogens (primary N) is 1. The van der Waals surface area contributed by atoms with Crippen LogP contribution in [0.5, 0.6) is 0 Å². The fraction of sp³-hybridized carbons (Fsp3) is 0.667. The minimum absolute atomic E-state index is 0.664. The molecule has 1 aromatic heterocycles. The molecule has 1 aliphatic heterocycles. The summed E-state index contributed by atoms with van der Waals surface area (Å²) in [5.74, 6) is 0.721. The van der Waals surface area contributed by atoms with Crippen molar-refractivity contribution in [1.82, 2.24) is 4.90 Å². The Balaban J connectivity index is 1.82. The second-order valence-corrected chi connectivity index (χ2v) is 5.67. The molecule has 0 aromatic carbocycles. The summed E-state index contributed by atoms with van der Waals surface area (Å²) >= 11 is 1.84. The van der Waals surface area contributed by atoms with Crippen molar-refractivity contribution in [3.05, 3.63) is 21.9 Å². The fourth-order valence-corrected chi connectivity index (χ4v) is 3.21. The third-order valence-electron chi connectivity index (χ3n) is 3.07. The summed E-state index contributed by atoms with van der Waals surface area (Å²) in [5.41, 5.74) is 5.61. The highest BCUT2D eigenvalue weighted by Gasteiger charge is 2.22. The van der Waals surface area contributed by atoms with Crippen molar-refractivity contribution in [3.63, 3.8) is 0 Å². The Kier molecular flexibility index (Phi) is 4.35. The first-order valence-corrected chi connectivity index (χ1v) is 6.62. The Morgan fingerprint density at radius 1 is 1.50 bits per heavy atom. The largest absolute Gasteiger partial charge is 0.384 e. The van der Waals surface area contributed by atoms with Gasteiger partial charge in [0, 0.05) is 36.5 Å². The lowest BCUT2D eigenvalue weighted by Gasteiger charge is -2.14. The molecule has 1 fully saturated rings. The van der Waals surface area contributed by atoms with Gasteiger partial charge in [0.1, 0.15) is 0 Å². The van der Waals surface area contributed by atoms with Crippen LogP contribution in [0.1, 0.15) is 16.2 Å². The summed E-state index contributed by atoms with van der Waals surface area (Å²) in [6.45, 7) is 5.00. The normalized spacial score (nSPS) is 21.8. The Bertz CT molecular complexity index is 327. The van der Waals surface area contributed by atoms with Crippen molar-refractivity contribution in [2.45, 2.75) is 19.5 Å².